The Balaban J connectivity index is 1.94. The number of hydrogen-bond donors (Lipinski definition) is 2. The van der Waals surface area contributed by atoms with E-state index in [9.17, 15) is 19.8 Å². The summed E-state index contributed by atoms with van der Waals surface area (Å²) >= 11 is 0. The molecule has 1 amide bonds. The molecule has 1 saturated heterocycles. The molecule has 2 rings (SSSR count). The summed E-state index contributed by atoms with van der Waals surface area (Å²) in [6.45, 7) is 2.64. The number of aryl methyl sites for hydroxylation is 1. The number of benzene rings is 1. The summed E-state index contributed by atoms with van der Waals surface area (Å²) in [4.78, 5) is 25.2. The molecule has 5 heteroatoms. The van der Waals surface area contributed by atoms with Gasteiger partial charge in [-0.05, 0) is 30.9 Å². The number of carboxylic acids is 1. The Morgan fingerprint density at radius 3 is 2.62 bits per heavy atom. The number of aliphatic carboxylic acids is 1. The van der Waals surface area contributed by atoms with Gasteiger partial charge in [0.25, 0.3) is 0 Å². The van der Waals surface area contributed by atoms with Crippen molar-refractivity contribution in [1.29, 1.82) is 0 Å². The molecule has 0 bridgehead atoms. The van der Waals surface area contributed by atoms with Crippen LogP contribution in [0.5, 0.6) is 5.75 Å². The molecule has 1 unspecified atom stereocenters. The molecular weight excluding hydrogens is 270 g/mol. The fraction of sp³-hybridized carbons (Fsp3) is 0.500. The van der Waals surface area contributed by atoms with Crippen molar-refractivity contribution in [2.24, 2.45) is 5.41 Å². The SMILES string of the molecule is CCC1(C(=O)O)CCN(C(=O)CCc2ccccc2O)C1. The third-order valence-electron chi connectivity index (χ3n) is 4.44. The Hall–Kier alpha value is -2.04. The van der Waals surface area contributed by atoms with Gasteiger partial charge >= 0.3 is 5.97 Å². The molecule has 2 N–H and O–H groups in total. The van der Waals surface area contributed by atoms with E-state index in [1.807, 2.05) is 13.0 Å². The molecule has 0 radical (unpaired) electrons. The first-order valence-electron chi connectivity index (χ1n) is 7.26. The number of phenolic OH excluding ortho intramolecular Hbond substituents is 1. The molecule has 0 spiro atoms. The van der Waals surface area contributed by atoms with Gasteiger partial charge in [-0.3, -0.25) is 9.59 Å². The van der Waals surface area contributed by atoms with Crippen LogP contribution in [0.4, 0.5) is 0 Å². The third kappa shape index (κ3) is 3.17. The van der Waals surface area contributed by atoms with Crippen molar-refractivity contribution in [3.63, 3.8) is 0 Å². The van der Waals surface area contributed by atoms with Crippen molar-refractivity contribution in [2.45, 2.75) is 32.6 Å². The van der Waals surface area contributed by atoms with Gasteiger partial charge in [0.05, 0.1) is 5.41 Å². The van der Waals surface area contributed by atoms with E-state index in [-0.39, 0.29) is 18.1 Å². The number of hydrogen-bond acceptors (Lipinski definition) is 3. The average molecular weight is 291 g/mol. The Labute approximate surface area is 124 Å². The van der Waals surface area contributed by atoms with Crippen LogP contribution in [0.2, 0.25) is 0 Å². The summed E-state index contributed by atoms with van der Waals surface area (Å²) in [6, 6.07) is 6.95. The second-order valence-electron chi connectivity index (χ2n) is 5.63. The lowest BCUT2D eigenvalue weighted by atomic mass is 9.84. The van der Waals surface area contributed by atoms with Crippen molar-refractivity contribution in [1.82, 2.24) is 4.90 Å². The molecule has 1 fully saturated rings. The minimum absolute atomic E-state index is 0.0465. The molecule has 1 aliphatic rings. The van der Waals surface area contributed by atoms with Crippen LogP contribution in [0.1, 0.15) is 31.7 Å². The number of amides is 1. The number of aromatic hydroxyl groups is 1. The van der Waals surface area contributed by atoms with E-state index in [1.54, 1.807) is 23.1 Å². The number of para-hydroxylation sites is 1. The number of nitrogens with zero attached hydrogens (tertiary/aromatic N) is 1. The first kappa shape index (κ1) is 15.4. The molecule has 1 heterocycles. The summed E-state index contributed by atoms with van der Waals surface area (Å²) in [7, 11) is 0. The standard InChI is InChI=1S/C16H21NO4/c1-2-16(15(20)21)9-10-17(11-16)14(19)8-7-12-5-3-4-6-13(12)18/h3-6,18H,2,7-11H2,1H3,(H,20,21). The maximum atomic E-state index is 12.2. The van der Waals surface area contributed by atoms with E-state index in [1.165, 1.54) is 0 Å². The van der Waals surface area contributed by atoms with Crippen molar-refractivity contribution >= 4 is 11.9 Å². The smallest absolute Gasteiger partial charge is 0.311 e. The van der Waals surface area contributed by atoms with E-state index >= 15 is 0 Å². The van der Waals surface area contributed by atoms with Gasteiger partial charge in [0.1, 0.15) is 5.75 Å². The van der Waals surface area contributed by atoms with Gasteiger partial charge in [-0.25, -0.2) is 0 Å². The first-order valence-corrected chi connectivity index (χ1v) is 7.26. The van der Waals surface area contributed by atoms with Gasteiger partial charge in [-0.2, -0.15) is 0 Å². The molecular formula is C16H21NO4. The van der Waals surface area contributed by atoms with Gasteiger partial charge in [0.15, 0.2) is 0 Å². The minimum atomic E-state index is -0.819. The van der Waals surface area contributed by atoms with E-state index < -0.39 is 11.4 Å². The molecule has 5 nitrogen and oxygen atoms in total. The first-order chi connectivity index (χ1) is 9.98. The Morgan fingerprint density at radius 1 is 1.33 bits per heavy atom. The van der Waals surface area contributed by atoms with E-state index in [0.29, 0.717) is 32.4 Å². The average Bonchev–Trinajstić information content (AvgIpc) is 2.92. The van der Waals surface area contributed by atoms with Gasteiger partial charge in [-0.1, -0.05) is 25.1 Å². The van der Waals surface area contributed by atoms with Crippen LogP contribution in [-0.4, -0.2) is 40.1 Å². The molecule has 1 aromatic rings. The van der Waals surface area contributed by atoms with Gasteiger partial charge in [0.2, 0.25) is 5.91 Å². The summed E-state index contributed by atoms with van der Waals surface area (Å²) in [6.07, 6.45) is 1.80. The lowest BCUT2D eigenvalue weighted by Gasteiger charge is -2.23. The number of carboxylic acid groups (broad SMARTS) is 1. The predicted molar refractivity (Wildman–Crippen MR) is 78.0 cm³/mol. The van der Waals surface area contributed by atoms with Crippen LogP contribution < -0.4 is 0 Å². The minimum Gasteiger partial charge on any atom is -0.508 e. The Morgan fingerprint density at radius 2 is 2.05 bits per heavy atom. The Bertz CT molecular complexity index is 543. The topological polar surface area (TPSA) is 77.8 Å². The zero-order chi connectivity index (χ0) is 15.5. The van der Waals surface area contributed by atoms with Gasteiger partial charge < -0.3 is 15.1 Å². The number of likely N-dealkylation sites (tertiary alicyclic amines) is 1. The molecule has 21 heavy (non-hydrogen) atoms. The van der Waals surface area contributed by atoms with Crippen molar-refractivity contribution in [2.75, 3.05) is 13.1 Å². The Kier molecular flexibility index (Phi) is 4.50. The highest BCUT2D eigenvalue weighted by atomic mass is 16.4. The second-order valence-corrected chi connectivity index (χ2v) is 5.63. The summed E-state index contributed by atoms with van der Waals surface area (Å²) in [5.41, 5.74) is -0.0464. The normalized spacial score (nSPS) is 21.5. The maximum Gasteiger partial charge on any atom is 0.311 e. The lowest BCUT2D eigenvalue weighted by Crippen LogP contribution is -2.36. The van der Waals surface area contributed by atoms with Crippen LogP contribution in [0.15, 0.2) is 24.3 Å². The monoisotopic (exact) mass is 291 g/mol. The number of carbonyl (C=O) groups excluding carboxylic acids is 1. The summed E-state index contributed by atoms with van der Waals surface area (Å²) in [5, 5.41) is 19.0. The van der Waals surface area contributed by atoms with E-state index in [0.717, 1.165) is 5.56 Å². The van der Waals surface area contributed by atoms with Crippen LogP contribution in [0.25, 0.3) is 0 Å². The lowest BCUT2D eigenvalue weighted by molar-refractivity contribution is -0.148. The second kappa shape index (κ2) is 6.16. The fourth-order valence-corrected chi connectivity index (χ4v) is 2.82. The maximum absolute atomic E-state index is 12.2. The molecule has 1 aromatic carbocycles. The molecule has 0 saturated carbocycles. The quantitative estimate of drug-likeness (QED) is 0.870. The number of carbonyl (C=O) groups is 2. The molecule has 1 aliphatic heterocycles. The largest absolute Gasteiger partial charge is 0.508 e. The third-order valence-corrected chi connectivity index (χ3v) is 4.44. The van der Waals surface area contributed by atoms with Crippen molar-refractivity contribution < 1.29 is 19.8 Å². The summed E-state index contributed by atoms with van der Waals surface area (Å²) < 4.78 is 0. The predicted octanol–water partition coefficient (Wildman–Crippen LogP) is 2.04. The molecule has 0 aromatic heterocycles. The summed E-state index contributed by atoms with van der Waals surface area (Å²) in [5.74, 6) is -0.670. The number of rotatable bonds is 5. The number of phenols is 1. The van der Waals surface area contributed by atoms with Gasteiger partial charge in [0, 0.05) is 19.5 Å². The highest BCUT2D eigenvalue weighted by Crippen LogP contribution is 2.34. The van der Waals surface area contributed by atoms with Crippen LogP contribution in [-0.2, 0) is 16.0 Å². The van der Waals surface area contributed by atoms with Crippen LogP contribution in [0.3, 0.4) is 0 Å². The highest BCUT2D eigenvalue weighted by Gasteiger charge is 2.44. The van der Waals surface area contributed by atoms with Crippen molar-refractivity contribution in [3.05, 3.63) is 29.8 Å². The zero-order valence-corrected chi connectivity index (χ0v) is 12.2. The van der Waals surface area contributed by atoms with Crippen molar-refractivity contribution in [3.8, 4) is 5.75 Å². The molecule has 114 valence electrons. The van der Waals surface area contributed by atoms with Crippen LogP contribution >= 0.6 is 0 Å². The van der Waals surface area contributed by atoms with E-state index in [4.69, 9.17) is 0 Å². The highest BCUT2D eigenvalue weighted by molar-refractivity contribution is 5.80. The fourth-order valence-electron chi connectivity index (χ4n) is 2.82. The van der Waals surface area contributed by atoms with Crippen LogP contribution in [0, 0.1) is 5.41 Å². The van der Waals surface area contributed by atoms with Gasteiger partial charge in [-0.15, -0.1) is 0 Å². The van der Waals surface area contributed by atoms with E-state index in [2.05, 4.69) is 0 Å². The molecule has 1 atom stereocenters. The molecule has 0 aliphatic carbocycles. The zero-order valence-electron chi connectivity index (χ0n) is 12.2.